The van der Waals surface area contributed by atoms with Crippen LogP contribution in [0.4, 0.5) is 0 Å². The standard InChI is InChI=1S/C13H21NO2S/c1-11(8-9-17(3)15)14-10-12-4-6-13(16-2)7-5-12/h4-7,11,14H,8-10H2,1-3H3. The lowest BCUT2D eigenvalue weighted by Crippen LogP contribution is -2.26. The van der Waals surface area contributed by atoms with Crippen molar-refractivity contribution in [1.29, 1.82) is 0 Å². The molecule has 2 atom stereocenters. The van der Waals surface area contributed by atoms with E-state index >= 15 is 0 Å². The van der Waals surface area contributed by atoms with Gasteiger partial charge < -0.3 is 10.1 Å². The summed E-state index contributed by atoms with van der Waals surface area (Å²) in [5, 5.41) is 3.42. The zero-order chi connectivity index (χ0) is 12.7. The van der Waals surface area contributed by atoms with Gasteiger partial charge in [-0.3, -0.25) is 4.21 Å². The fraction of sp³-hybridized carbons (Fsp3) is 0.538. The molecule has 0 aliphatic rings. The Bertz CT molecular complexity index is 351. The van der Waals surface area contributed by atoms with Gasteiger partial charge in [-0.25, -0.2) is 0 Å². The van der Waals surface area contributed by atoms with Crippen LogP contribution in [0.15, 0.2) is 24.3 Å². The van der Waals surface area contributed by atoms with Gasteiger partial charge in [-0.1, -0.05) is 12.1 Å². The van der Waals surface area contributed by atoms with Crippen molar-refractivity contribution < 1.29 is 8.95 Å². The van der Waals surface area contributed by atoms with Crippen LogP contribution in [-0.4, -0.2) is 29.4 Å². The molecule has 0 amide bonds. The molecule has 1 rings (SSSR count). The summed E-state index contributed by atoms with van der Waals surface area (Å²) in [6.45, 7) is 2.96. The number of hydrogen-bond donors (Lipinski definition) is 1. The average Bonchev–Trinajstić information content (AvgIpc) is 2.34. The smallest absolute Gasteiger partial charge is 0.118 e. The van der Waals surface area contributed by atoms with E-state index in [2.05, 4.69) is 24.4 Å². The summed E-state index contributed by atoms with van der Waals surface area (Å²) in [4.78, 5) is 0. The second-order valence-electron chi connectivity index (χ2n) is 4.20. The van der Waals surface area contributed by atoms with Crippen LogP contribution >= 0.6 is 0 Å². The number of rotatable bonds is 7. The van der Waals surface area contributed by atoms with Crippen LogP contribution in [0.1, 0.15) is 18.9 Å². The minimum Gasteiger partial charge on any atom is -0.497 e. The Balaban J connectivity index is 2.31. The summed E-state index contributed by atoms with van der Waals surface area (Å²) < 4.78 is 16.1. The minimum atomic E-state index is -0.695. The van der Waals surface area contributed by atoms with Crippen molar-refractivity contribution >= 4 is 10.8 Å². The Kier molecular flexibility index (Phi) is 6.22. The van der Waals surface area contributed by atoms with Crippen molar-refractivity contribution in [2.24, 2.45) is 0 Å². The van der Waals surface area contributed by atoms with E-state index in [0.717, 1.165) is 24.5 Å². The first-order valence-electron chi connectivity index (χ1n) is 5.78. The molecule has 0 saturated carbocycles. The van der Waals surface area contributed by atoms with E-state index in [-0.39, 0.29) is 0 Å². The Hall–Kier alpha value is -0.870. The number of ether oxygens (including phenoxy) is 1. The fourth-order valence-electron chi connectivity index (χ4n) is 1.48. The zero-order valence-electron chi connectivity index (χ0n) is 10.7. The highest BCUT2D eigenvalue weighted by Crippen LogP contribution is 2.11. The Morgan fingerprint density at radius 1 is 1.35 bits per heavy atom. The second-order valence-corrected chi connectivity index (χ2v) is 5.75. The van der Waals surface area contributed by atoms with E-state index < -0.39 is 10.8 Å². The molecule has 96 valence electrons. The number of nitrogens with one attached hydrogen (secondary N) is 1. The third-order valence-electron chi connectivity index (χ3n) is 2.65. The van der Waals surface area contributed by atoms with Gasteiger partial charge in [-0.15, -0.1) is 0 Å². The average molecular weight is 255 g/mol. The fourth-order valence-corrected chi connectivity index (χ4v) is 2.17. The van der Waals surface area contributed by atoms with Crippen LogP contribution in [0, 0.1) is 0 Å². The van der Waals surface area contributed by atoms with E-state index in [1.807, 2.05) is 12.1 Å². The third-order valence-corrected chi connectivity index (χ3v) is 3.46. The lowest BCUT2D eigenvalue weighted by atomic mass is 10.2. The predicted octanol–water partition coefficient (Wildman–Crippen LogP) is 1.94. The zero-order valence-corrected chi connectivity index (χ0v) is 11.5. The van der Waals surface area contributed by atoms with Crippen molar-refractivity contribution in [3.05, 3.63) is 29.8 Å². The highest BCUT2D eigenvalue weighted by molar-refractivity contribution is 7.84. The molecular formula is C13H21NO2S. The quantitative estimate of drug-likeness (QED) is 0.809. The van der Waals surface area contributed by atoms with Crippen LogP contribution in [0.5, 0.6) is 5.75 Å². The normalized spacial score (nSPS) is 14.3. The number of methoxy groups -OCH3 is 1. The molecule has 0 aromatic heterocycles. The molecule has 2 unspecified atom stereocenters. The Morgan fingerprint density at radius 3 is 2.53 bits per heavy atom. The van der Waals surface area contributed by atoms with Crippen molar-refractivity contribution in [3.63, 3.8) is 0 Å². The van der Waals surface area contributed by atoms with Gasteiger partial charge in [0.1, 0.15) is 5.75 Å². The summed E-state index contributed by atoms with van der Waals surface area (Å²) in [5.74, 6) is 1.64. The molecule has 0 spiro atoms. The van der Waals surface area contributed by atoms with E-state index in [4.69, 9.17) is 4.74 Å². The first kappa shape index (κ1) is 14.2. The molecule has 0 fully saturated rings. The number of benzene rings is 1. The monoisotopic (exact) mass is 255 g/mol. The van der Waals surface area contributed by atoms with Crippen LogP contribution in [0.3, 0.4) is 0 Å². The summed E-state index contributed by atoms with van der Waals surface area (Å²) in [5.41, 5.74) is 1.23. The summed E-state index contributed by atoms with van der Waals surface area (Å²) in [7, 11) is 0.972. The van der Waals surface area contributed by atoms with E-state index in [9.17, 15) is 4.21 Å². The van der Waals surface area contributed by atoms with Gasteiger partial charge in [-0.2, -0.15) is 0 Å². The molecule has 1 aromatic carbocycles. The molecule has 1 N–H and O–H groups in total. The molecule has 17 heavy (non-hydrogen) atoms. The first-order chi connectivity index (χ1) is 8.11. The van der Waals surface area contributed by atoms with Gasteiger partial charge >= 0.3 is 0 Å². The Labute approximate surface area is 106 Å². The van der Waals surface area contributed by atoms with Crippen molar-refractivity contribution in [1.82, 2.24) is 5.32 Å². The summed E-state index contributed by atoms with van der Waals surface area (Å²) in [6.07, 6.45) is 2.69. The van der Waals surface area contributed by atoms with Gasteiger partial charge in [0.25, 0.3) is 0 Å². The largest absolute Gasteiger partial charge is 0.497 e. The first-order valence-corrected chi connectivity index (χ1v) is 7.51. The maximum Gasteiger partial charge on any atom is 0.118 e. The number of hydrogen-bond acceptors (Lipinski definition) is 3. The molecule has 4 heteroatoms. The van der Waals surface area contributed by atoms with Gasteiger partial charge in [-0.05, 0) is 31.0 Å². The highest BCUT2D eigenvalue weighted by Gasteiger charge is 2.02. The van der Waals surface area contributed by atoms with Crippen LogP contribution < -0.4 is 10.1 Å². The van der Waals surface area contributed by atoms with Gasteiger partial charge in [0.05, 0.1) is 7.11 Å². The van der Waals surface area contributed by atoms with Crippen LogP contribution in [-0.2, 0) is 17.3 Å². The van der Waals surface area contributed by atoms with Crippen LogP contribution in [0.25, 0.3) is 0 Å². The highest BCUT2D eigenvalue weighted by atomic mass is 32.2. The predicted molar refractivity (Wildman–Crippen MR) is 72.8 cm³/mol. The van der Waals surface area contributed by atoms with Gasteiger partial charge in [0, 0.05) is 35.4 Å². The lowest BCUT2D eigenvalue weighted by Gasteiger charge is -2.13. The maximum atomic E-state index is 11.0. The second kappa shape index (κ2) is 7.45. The molecule has 0 radical (unpaired) electrons. The maximum absolute atomic E-state index is 11.0. The van der Waals surface area contributed by atoms with Crippen molar-refractivity contribution in [2.45, 2.75) is 25.9 Å². The molecule has 0 saturated heterocycles. The van der Waals surface area contributed by atoms with Gasteiger partial charge in [0.2, 0.25) is 0 Å². The summed E-state index contributed by atoms with van der Waals surface area (Å²) in [6, 6.07) is 8.42. The minimum absolute atomic E-state index is 0.390. The molecule has 0 heterocycles. The molecular weight excluding hydrogens is 234 g/mol. The third kappa shape index (κ3) is 5.84. The summed E-state index contributed by atoms with van der Waals surface area (Å²) >= 11 is 0. The molecule has 0 bridgehead atoms. The molecule has 1 aromatic rings. The molecule has 3 nitrogen and oxygen atoms in total. The SMILES string of the molecule is COc1ccc(CNC(C)CCS(C)=O)cc1. The van der Waals surface area contributed by atoms with Crippen molar-refractivity contribution in [2.75, 3.05) is 19.1 Å². The van der Waals surface area contributed by atoms with Crippen LogP contribution in [0.2, 0.25) is 0 Å². The Morgan fingerprint density at radius 2 is 2.00 bits per heavy atom. The van der Waals surface area contributed by atoms with E-state index in [1.165, 1.54) is 5.56 Å². The lowest BCUT2D eigenvalue weighted by molar-refractivity contribution is 0.414. The van der Waals surface area contributed by atoms with Crippen molar-refractivity contribution in [3.8, 4) is 5.75 Å². The van der Waals surface area contributed by atoms with Gasteiger partial charge in [0.15, 0.2) is 0 Å². The molecule has 0 aliphatic carbocycles. The van der Waals surface area contributed by atoms with E-state index in [1.54, 1.807) is 13.4 Å². The topological polar surface area (TPSA) is 38.3 Å². The molecule has 0 aliphatic heterocycles. The van der Waals surface area contributed by atoms with E-state index in [0.29, 0.717) is 6.04 Å².